The van der Waals surface area contributed by atoms with Gasteiger partial charge < -0.3 is 133 Å². The predicted molar refractivity (Wildman–Crippen MR) is 280 cm³/mol. The van der Waals surface area contributed by atoms with Crippen molar-refractivity contribution in [2.24, 2.45) is 52.3 Å². The van der Waals surface area contributed by atoms with Crippen LogP contribution in [0.1, 0.15) is 92.4 Å². The molecule has 4 aliphatic carbocycles. The van der Waals surface area contributed by atoms with Crippen LogP contribution in [-0.4, -0.2) is 287 Å². The molecule has 11 aliphatic rings. The molecule has 0 radical (unpaired) electrons. The number of ether oxygens (including phenoxy) is 12. The Bertz CT molecular complexity index is 2260. The first-order valence-electron chi connectivity index (χ1n) is 30.7. The number of carbonyl (C=O) groups is 1. The number of hydrogen-bond acceptors (Lipinski definition) is 28. The molecule has 0 aromatic rings. The van der Waals surface area contributed by atoms with Crippen molar-refractivity contribution < 1.29 is 138 Å². The third kappa shape index (κ3) is 11.2. The van der Waals surface area contributed by atoms with Crippen LogP contribution in [0.15, 0.2) is 0 Å². The van der Waals surface area contributed by atoms with Gasteiger partial charge in [0.25, 0.3) is 0 Å². The van der Waals surface area contributed by atoms with Gasteiger partial charge in [-0.15, -0.1) is 0 Å². The molecular formula is C57H92O28. The summed E-state index contributed by atoms with van der Waals surface area (Å²) in [6.07, 6.45) is -39.3. The van der Waals surface area contributed by atoms with E-state index in [0.717, 1.165) is 38.5 Å². The highest BCUT2D eigenvalue weighted by Crippen LogP contribution is 2.70. The molecule has 7 saturated heterocycles. The van der Waals surface area contributed by atoms with Crippen LogP contribution in [0.2, 0.25) is 0 Å². The Hall–Kier alpha value is -1.41. The Kier molecular flexibility index (Phi) is 19.3. The van der Waals surface area contributed by atoms with Crippen molar-refractivity contribution >= 4 is 5.78 Å². The second-order valence-corrected chi connectivity index (χ2v) is 27.0. The van der Waals surface area contributed by atoms with Crippen LogP contribution in [0.25, 0.3) is 0 Å². The van der Waals surface area contributed by atoms with E-state index in [1.54, 1.807) is 0 Å². The molecule has 0 amide bonds. The van der Waals surface area contributed by atoms with Crippen molar-refractivity contribution in [1.29, 1.82) is 0 Å². The fourth-order valence-corrected chi connectivity index (χ4v) is 17.3. The number of aliphatic hydroxyl groups is 15. The summed E-state index contributed by atoms with van der Waals surface area (Å²) in [5.74, 6) is 1.14. The van der Waals surface area contributed by atoms with Gasteiger partial charge in [0, 0.05) is 30.1 Å². The molecule has 1 spiro atoms. The summed E-state index contributed by atoms with van der Waals surface area (Å²) in [5.41, 5.74) is -0.698. The molecule has 11 fully saturated rings. The molecule has 28 heteroatoms. The van der Waals surface area contributed by atoms with Crippen LogP contribution in [0.5, 0.6) is 0 Å². The summed E-state index contributed by atoms with van der Waals surface area (Å²) in [6, 6.07) is 0. The first kappa shape index (κ1) is 65.1. The van der Waals surface area contributed by atoms with Gasteiger partial charge in [0.1, 0.15) is 122 Å². The fourth-order valence-electron chi connectivity index (χ4n) is 17.3. The van der Waals surface area contributed by atoms with Gasteiger partial charge in [-0.05, 0) is 86.9 Å². The van der Waals surface area contributed by atoms with E-state index in [1.165, 1.54) is 6.92 Å². The summed E-state index contributed by atoms with van der Waals surface area (Å²) >= 11 is 0. The van der Waals surface area contributed by atoms with E-state index >= 15 is 0 Å². The Balaban J connectivity index is 0.779. The van der Waals surface area contributed by atoms with E-state index in [0.29, 0.717) is 43.5 Å². The quantitative estimate of drug-likeness (QED) is 0.0725. The van der Waals surface area contributed by atoms with E-state index in [9.17, 15) is 81.4 Å². The summed E-state index contributed by atoms with van der Waals surface area (Å²) in [6.45, 7) is 7.21. The number of carbonyl (C=O) groups excluding carboxylic acids is 1. The van der Waals surface area contributed by atoms with E-state index in [2.05, 4.69) is 27.7 Å². The Morgan fingerprint density at radius 1 is 0.494 bits per heavy atom. The second-order valence-electron chi connectivity index (χ2n) is 27.0. The summed E-state index contributed by atoms with van der Waals surface area (Å²) in [7, 11) is 0. The minimum absolute atomic E-state index is 0.0374. The lowest BCUT2D eigenvalue weighted by Gasteiger charge is -2.60. The predicted octanol–water partition coefficient (Wildman–Crippen LogP) is -4.88. The van der Waals surface area contributed by atoms with Gasteiger partial charge in [-0.25, -0.2) is 0 Å². The van der Waals surface area contributed by atoms with E-state index in [1.807, 2.05) is 0 Å². The number of hydrogen-bond donors (Lipinski definition) is 15. The monoisotopic (exact) mass is 1220 g/mol. The molecule has 0 unspecified atom stereocenters. The molecule has 11 rings (SSSR count). The zero-order chi connectivity index (χ0) is 61.1. The lowest BCUT2D eigenvalue weighted by atomic mass is 9.44. The lowest BCUT2D eigenvalue weighted by molar-refractivity contribution is -0.410. The van der Waals surface area contributed by atoms with Crippen molar-refractivity contribution in [3.8, 4) is 0 Å². The van der Waals surface area contributed by atoms with E-state index in [-0.39, 0.29) is 41.1 Å². The third-order valence-electron chi connectivity index (χ3n) is 22.3. The van der Waals surface area contributed by atoms with Gasteiger partial charge >= 0.3 is 0 Å². The SMILES string of the molecule is C[C@@H]1CC[C@]2(OC1)O[C@H]1C[C@@H]3[C@H]4CC[C@@H]5C[C@H](O[C@H]6O[C@@H](CO)[C@H](O[C@H]7O[C@@H](CO)[C@H](O)[C@@H](O[C@H]8O[C@@H](CO)[C@H](O[C@H]9O[C@@H](C)[C@H](O)[C@@H](O)[C@@H]9O)[C@@H](O)[C@@H]8O)[C@@H]7O[C@H]7O[C@@H](CO)[C@H](O)[C@@H](O)[C@@H]7O)[C@@H](O)[C@@H]6O)CC[C@]5(C)[C@H]4CC(=O)[C@]3(C)[C@H]1[C@@H]2C. The Morgan fingerprint density at radius 2 is 1.01 bits per heavy atom. The minimum atomic E-state index is -2.17. The van der Waals surface area contributed by atoms with Crippen molar-refractivity contribution in [2.75, 3.05) is 33.0 Å². The fraction of sp³-hybridized carbons (Fsp3) is 0.982. The van der Waals surface area contributed by atoms with Gasteiger partial charge in [-0.2, -0.15) is 0 Å². The topological polar surface area (TPSA) is 431 Å². The van der Waals surface area contributed by atoms with E-state index < -0.39 is 197 Å². The molecule has 488 valence electrons. The van der Waals surface area contributed by atoms with Crippen molar-refractivity contribution in [3.63, 3.8) is 0 Å². The molecule has 0 bridgehead atoms. The maximum absolute atomic E-state index is 14.8. The van der Waals surface area contributed by atoms with Gasteiger partial charge in [-0.1, -0.05) is 27.7 Å². The van der Waals surface area contributed by atoms with Crippen LogP contribution in [-0.2, 0) is 61.6 Å². The minimum Gasteiger partial charge on any atom is -0.394 e. The number of Topliss-reactive ketones (excluding diaryl/α,β-unsaturated/α-hetero) is 1. The van der Waals surface area contributed by atoms with Crippen molar-refractivity contribution in [3.05, 3.63) is 0 Å². The highest BCUT2D eigenvalue weighted by Gasteiger charge is 2.72. The van der Waals surface area contributed by atoms with Crippen LogP contribution >= 0.6 is 0 Å². The maximum atomic E-state index is 14.8. The van der Waals surface area contributed by atoms with Crippen LogP contribution in [0.3, 0.4) is 0 Å². The van der Waals surface area contributed by atoms with Crippen LogP contribution < -0.4 is 0 Å². The molecule has 37 atom stereocenters. The zero-order valence-corrected chi connectivity index (χ0v) is 48.5. The normalized spacial score (nSPS) is 57.2. The van der Waals surface area contributed by atoms with Gasteiger partial charge in [-0.3, -0.25) is 4.79 Å². The second kappa shape index (κ2) is 25.2. The molecule has 28 nitrogen and oxygen atoms in total. The first-order chi connectivity index (χ1) is 40.3. The highest BCUT2D eigenvalue weighted by atomic mass is 16.8. The largest absolute Gasteiger partial charge is 0.394 e. The number of rotatable bonds is 14. The Morgan fingerprint density at radius 3 is 1.61 bits per heavy atom. The number of aliphatic hydroxyl groups excluding tert-OH is 15. The van der Waals surface area contributed by atoms with Crippen LogP contribution in [0, 0.1) is 52.3 Å². The average Bonchev–Trinajstić information content (AvgIpc) is 1.61. The molecule has 15 N–H and O–H groups in total. The van der Waals surface area contributed by atoms with Crippen LogP contribution in [0.4, 0.5) is 0 Å². The summed E-state index contributed by atoms with van der Waals surface area (Å²) < 4.78 is 73.3. The molecule has 0 aromatic carbocycles. The zero-order valence-electron chi connectivity index (χ0n) is 48.5. The smallest absolute Gasteiger partial charge is 0.187 e. The standard InChI is InChI=1S/C57H92O28/c1-20-8-11-57(74-19-20)21(2)34-28(85-57)13-27-25-7-6-23-12-24(9-10-55(23,4)26(25)14-33(62)56(27,34)5)76-51-44(72)40(68)47(32(18-61)79-51)82-54-49(84-52-43(71)39(67)36(64)29(15-58)77-52)48(37(65)30(16-59)78-54)83-53-45(73)41(69)46(31(17-60)80-53)81-50-42(70)38(66)35(63)22(3)75-50/h20-32,34-54,58-61,63-73H,6-19H2,1-5H3/t20-,21+,22+,23-,24-,25+,26+,27-,28+,29+,30+,31+,32+,34+,35+,36+,37+,38-,39-,40+,41+,42+,43+,44+,45+,46+,47+,48-,49+,50-,51+,52-,53-,54-,55+,56-,57+/m1/s1. The lowest BCUT2D eigenvalue weighted by Crippen LogP contribution is -2.69. The van der Waals surface area contributed by atoms with Crippen molar-refractivity contribution in [1.82, 2.24) is 0 Å². The Labute approximate surface area is 492 Å². The highest BCUT2D eigenvalue weighted by molar-refractivity contribution is 5.87. The molecule has 4 saturated carbocycles. The maximum Gasteiger partial charge on any atom is 0.187 e. The molecule has 7 heterocycles. The molecule has 85 heavy (non-hydrogen) atoms. The van der Waals surface area contributed by atoms with E-state index in [4.69, 9.17) is 56.8 Å². The molecular weight excluding hydrogens is 1130 g/mol. The third-order valence-corrected chi connectivity index (χ3v) is 22.3. The van der Waals surface area contributed by atoms with Crippen molar-refractivity contribution in [2.45, 2.75) is 264 Å². The van der Waals surface area contributed by atoms with Gasteiger partial charge in [0.15, 0.2) is 37.2 Å². The van der Waals surface area contributed by atoms with Gasteiger partial charge in [0.2, 0.25) is 0 Å². The summed E-state index contributed by atoms with van der Waals surface area (Å²) in [5, 5.41) is 164. The number of ketones is 1. The summed E-state index contributed by atoms with van der Waals surface area (Å²) in [4.78, 5) is 14.8. The average molecular weight is 1230 g/mol. The molecule has 0 aromatic heterocycles. The van der Waals surface area contributed by atoms with Gasteiger partial charge in [0.05, 0.1) is 51.3 Å². The molecule has 7 aliphatic heterocycles. The number of fused-ring (bicyclic) bond motifs is 7. The first-order valence-corrected chi connectivity index (χ1v) is 30.7.